The number of hydrogen-bond acceptors (Lipinski definition) is 6. The summed E-state index contributed by atoms with van der Waals surface area (Å²) in [6.07, 6.45) is 0. The van der Waals surface area contributed by atoms with E-state index in [1.165, 1.54) is 48.5 Å². The van der Waals surface area contributed by atoms with Crippen LogP contribution >= 0.6 is 11.6 Å². The van der Waals surface area contributed by atoms with Gasteiger partial charge in [-0.1, -0.05) is 17.7 Å². The molecule has 0 radical (unpaired) electrons. The highest BCUT2D eigenvalue weighted by atomic mass is 35.5. The number of primary sulfonamides is 1. The van der Waals surface area contributed by atoms with E-state index in [0.717, 1.165) is 0 Å². The molecular formula is C16H12ClN3O4S. The monoisotopic (exact) mass is 377 g/mol. The predicted octanol–water partition coefficient (Wildman–Crippen LogP) is 3.97. The number of rotatable bonds is 3. The Bertz CT molecular complexity index is 1110. The van der Waals surface area contributed by atoms with Gasteiger partial charge in [0.25, 0.3) is 0 Å². The second kappa shape index (κ2) is 6.32. The SMILES string of the molecule is NS(=O)(=O)c1cc(N=Nc2cc(Cl)ccc2O)c2cc(O)ccc2c1. The first-order valence-electron chi connectivity index (χ1n) is 6.94. The van der Waals surface area contributed by atoms with E-state index in [9.17, 15) is 18.6 Å². The van der Waals surface area contributed by atoms with Gasteiger partial charge in [0, 0.05) is 10.4 Å². The average Bonchev–Trinajstić information content (AvgIpc) is 2.54. The number of nitrogens with zero attached hydrogens (tertiary/aromatic N) is 2. The third-order valence-electron chi connectivity index (χ3n) is 3.42. The summed E-state index contributed by atoms with van der Waals surface area (Å²) < 4.78 is 23.3. The lowest BCUT2D eigenvalue weighted by Gasteiger charge is -2.06. The number of phenolic OH excluding ortho intramolecular Hbond substituents is 2. The molecule has 0 atom stereocenters. The van der Waals surface area contributed by atoms with Crippen LogP contribution in [0.4, 0.5) is 11.4 Å². The van der Waals surface area contributed by atoms with Gasteiger partial charge in [0.2, 0.25) is 10.0 Å². The van der Waals surface area contributed by atoms with E-state index in [1.54, 1.807) is 0 Å². The molecule has 0 saturated heterocycles. The number of benzene rings is 3. The number of nitrogens with two attached hydrogens (primary N) is 1. The molecule has 0 aliphatic rings. The van der Waals surface area contributed by atoms with Crippen LogP contribution in [0.2, 0.25) is 5.02 Å². The van der Waals surface area contributed by atoms with Gasteiger partial charge in [0.1, 0.15) is 17.2 Å². The first-order chi connectivity index (χ1) is 11.7. The van der Waals surface area contributed by atoms with Crippen molar-refractivity contribution in [3.63, 3.8) is 0 Å². The van der Waals surface area contributed by atoms with Crippen LogP contribution in [0.3, 0.4) is 0 Å². The molecule has 4 N–H and O–H groups in total. The minimum absolute atomic E-state index is 0.0158. The number of aromatic hydroxyl groups is 2. The van der Waals surface area contributed by atoms with Crippen molar-refractivity contribution < 1.29 is 18.6 Å². The minimum Gasteiger partial charge on any atom is -0.508 e. The lowest BCUT2D eigenvalue weighted by Crippen LogP contribution is -2.11. The lowest BCUT2D eigenvalue weighted by molar-refractivity contribution is 0.475. The Kier molecular flexibility index (Phi) is 4.34. The molecule has 7 nitrogen and oxygen atoms in total. The summed E-state index contributed by atoms with van der Waals surface area (Å²) in [4.78, 5) is -0.144. The van der Waals surface area contributed by atoms with Crippen LogP contribution in [0.5, 0.6) is 11.5 Å². The first-order valence-corrected chi connectivity index (χ1v) is 8.86. The highest BCUT2D eigenvalue weighted by Crippen LogP contribution is 2.35. The highest BCUT2D eigenvalue weighted by Gasteiger charge is 2.13. The summed E-state index contributed by atoms with van der Waals surface area (Å²) in [5, 5.41) is 33.9. The zero-order chi connectivity index (χ0) is 18.2. The van der Waals surface area contributed by atoms with E-state index < -0.39 is 10.0 Å². The molecule has 3 rings (SSSR count). The van der Waals surface area contributed by atoms with E-state index in [0.29, 0.717) is 15.8 Å². The number of hydrogen-bond donors (Lipinski definition) is 3. The van der Waals surface area contributed by atoms with Crippen LogP contribution in [0.1, 0.15) is 0 Å². The van der Waals surface area contributed by atoms with Crippen molar-refractivity contribution in [1.29, 1.82) is 0 Å². The van der Waals surface area contributed by atoms with E-state index >= 15 is 0 Å². The van der Waals surface area contributed by atoms with Crippen LogP contribution in [0.15, 0.2) is 63.7 Å². The molecule has 0 fully saturated rings. The molecule has 0 amide bonds. The van der Waals surface area contributed by atoms with Crippen molar-refractivity contribution in [2.45, 2.75) is 4.90 Å². The van der Waals surface area contributed by atoms with Crippen molar-refractivity contribution in [3.8, 4) is 11.5 Å². The Morgan fingerprint density at radius 3 is 2.36 bits per heavy atom. The van der Waals surface area contributed by atoms with Crippen molar-refractivity contribution in [2.24, 2.45) is 15.4 Å². The maximum atomic E-state index is 11.7. The fraction of sp³-hybridized carbons (Fsp3) is 0. The minimum atomic E-state index is -3.96. The van der Waals surface area contributed by atoms with E-state index in [1.807, 2.05) is 0 Å². The molecule has 0 bridgehead atoms. The van der Waals surface area contributed by atoms with Crippen LogP contribution in [-0.2, 0) is 10.0 Å². The van der Waals surface area contributed by atoms with Crippen LogP contribution in [0, 0.1) is 0 Å². The molecular weight excluding hydrogens is 366 g/mol. The number of phenols is 2. The summed E-state index contributed by atoms with van der Waals surface area (Å²) >= 11 is 5.86. The van der Waals surface area contributed by atoms with Gasteiger partial charge in [-0.05, 0) is 47.9 Å². The van der Waals surface area contributed by atoms with Crippen molar-refractivity contribution >= 4 is 43.8 Å². The number of sulfonamides is 1. The second-order valence-electron chi connectivity index (χ2n) is 5.23. The van der Waals surface area contributed by atoms with Gasteiger partial charge < -0.3 is 10.2 Å². The summed E-state index contributed by atoms with van der Waals surface area (Å²) in [7, 11) is -3.96. The zero-order valence-corrected chi connectivity index (χ0v) is 14.2. The van der Waals surface area contributed by atoms with E-state index in [4.69, 9.17) is 16.7 Å². The molecule has 0 spiro atoms. The van der Waals surface area contributed by atoms with Crippen molar-refractivity contribution in [2.75, 3.05) is 0 Å². The Morgan fingerprint density at radius 1 is 0.920 bits per heavy atom. The Hall–Kier alpha value is -2.68. The predicted molar refractivity (Wildman–Crippen MR) is 94.3 cm³/mol. The van der Waals surface area contributed by atoms with Gasteiger partial charge >= 0.3 is 0 Å². The molecule has 0 aliphatic heterocycles. The van der Waals surface area contributed by atoms with Crippen molar-refractivity contribution in [1.82, 2.24) is 0 Å². The molecule has 3 aromatic rings. The van der Waals surface area contributed by atoms with Crippen LogP contribution in [-0.4, -0.2) is 18.6 Å². The summed E-state index contributed by atoms with van der Waals surface area (Å²) in [6.45, 7) is 0. The normalized spacial score (nSPS) is 12.1. The molecule has 0 heterocycles. The molecule has 0 unspecified atom stereocenters. The van der Waals surface area contributed by atoms with Crippen LogP contribution < -0.4 is 5.14 Å². The van der Waals surface area contributed by atoms with Crippen LogP contribution in [0.25, 0.3) is 10.8 Å². The molecule has 0 saturated carbocycles. The fourth-order valence-corrected chi connectivity index (χ4v) is 2.96. The molecule has 25 heavy (non-hydrogen) atoms. The van der Waals surface area contributed by atoms with Gasteiger partial charge in [0.15, 0.2) is 0 Å². The van der Waals surface area contributed by atoms with Gasteiger partial charge in [-0.2, -0.15) is 0 Å². The van der Waals surface area contributed by atoms with Gasteiger partial charge in [-0.3, -0.25) is 0 Å². The zero-order valence-electron chi connectivity index (χ0n) is 12.6. The fourth-order valence-electron chi connectivity index (χ4n) is 2.23. The average molecular weight is 378 g/mol. The summed E-state index contributed by atoms with van der Waals surface area (Å²) in [6, 6.07) is 11.3. The largest absolute Gasteiger partial charge is 0.508 e. The first kappa shape index (κ1) is 17.2. The van der Waals surface area contributed by atoms with Gasteiger partial charge in [0.05, 0.1) is 10.6 Å². The summed E-state index contributed by atoms with van der Waals surface area (Å²) in [5.74, 6) is -0.152. The molecule has 0 aromatic heterocycles. The van der Waals surface area contributed by atoms with Crippen molar-refractivity contribution in [3.05, 3.63) is 53.6 Å². The molecule has 128 valence electrons. The van der Waals surface area contributed by atoms with E-state index in [-0.39, 0.29) is 27.8 Å². The summed E-state index contributed by atoms with van der Waals surface area (Å²) in [5.41, 5.74) is 0.276. The third kappa shape index (κ3) is 3.71. The lowest BCUT2D eigenvalue weighted by atomic mass is 10.1. The molecule has 9 heteroatoms. The maximum absolute atomic E-state index is 11.7. The Labute approximate surface area is 148 Å². The third-order valence-corrected chi connectivity index (χ3v) is 4.55. The maximum Gasteiger partial charge on any atom is 0.238 e. The second-order valence-corrected chi connectivity index (χ2v) is 7.22. The Morgan fingerprint density at radius 2 is 1.64 bits per heavy atom. The molecule has 0 aliphatic carbocycles. The smallest absolute Gasteiger partial charge is 0.238 e. The quantitative estimate of drug-likeness (QED) is 0.597. The number of fused-ring (bicyclic) bond motifs is 1. The highest BCUT2D eigenvalue weighted by molar-refractivity contribution is 7.89. The topological polar surface area (TPSA) is 125 Å². The number of azo groups is 1. The molecule has 3 aromatic carbocycles. The standard InChI is InChI=1S/C16H12ClN3O4S/c17-10-2-4-16(22)15(6-10)20-19-14-8-12(25(18,23)24)5-9-1-3-11(21)7-13(9)14/h1-8,21-22H,(H2,18,23,24). The Balaban J connectivity index is 2.21. The van der Waals surface area contributed by atoms with E-state index in [2.05, 4.69) is 10.2 Å². The van der Waals surface area contributed by atoms with Gasteiger partial charge in [-0.25, -0.2) is 13.6 Å². The van der Waals surface area contributed by atoms with Gasteiger partial charge in [-0.15, -0.1) is 10.2 Å². The number of halogens is 1.